The van der Waals surface area contributed by atoms with E-state index in [1.807, 2.05) is 30.3 Å². The minimum atomic E-state index is -0.305. The molecule has 0 aromatic heterocycles. The van der Waals surface area contributed by atoms with Gasteiger partial charge in [-0.25, -0.2) is 0 Å². The molecule has 2 saturated heterocycles. The highest BCUT2D eigenvalue weighted by atomic mass is 16.5. The molecule has 2 aromatic rings. The van der Waals surface area contributed by atoms with Crippen LogP contribution in [0.3, 0.4) is 0 Å². The van der Waals surface area contributed by atoms with Gasteiger partial charge in [-0.15, -0.1) is 0 Å². The number of para-hydroxylation sites is 1. The first kappa shape index (κ1) is 19.3. The van der Waals surface area contributed by atoms with Crippen LogP contribution in [0, 0.1) is 11.8 Å². The Morgan fingerprint density at radius 3 is 2.69 bits per heavy atom. The summed E-state index contributed by atoms with van der Waals surface area (Å²) in [7, 11) is 1.60. The van der Waals surface area contributed by atoms with Gasteiger partial charge in [0.2, 0.25) is 11.8 Å². The van der Waals surface area contributed by atoms with Crippen molar-refractivity contribution >= 4 is 23.2 Å². The Hall–Kier alpha value is -3.02. The minimum Gasteiger partial charge on any atom is -0.497 e. The van der Waals surface area contributed by atoms with Gasteiger partial charge in [-0.1, -0.05) is 24.3 Å². The zero-order chi connectivity index (χ0) is 20.2. The lowest BCUT2D eigenvalue weighted by Crippen LogP contribution is -2.36. The Morgan fingerprint density at radius 1 is 1.10 bits per heavy atom. The van der Waals surface area contributed by atoms with Crippen molar-refractivity contribution in [2.75, 3.05) is 43.1 Å². The van der Waals surface area contributed by atoms with Crippen LogP contribution in [0.4, 0.5) is 11.4 Å². The summed E-state index contributed by atoms with van der Waals surface area (Å²) in [6, 6.07) is 17.8. The third-order valence-corrected chi connectivity index (χ3v) is 5.83. The standard InChI is InChI=1S/C23H27N3O3/c1-29-21-9-5-8-20(13-21)26-16-18(12-22(26)27)23(28)24-14-17-10-11-25(15-17)19-6-3-2-4-7-19/h2-9,13,17-18H,10-12,14-16H2,1H3,(H,24,28). The quantitative estimate of drug-likeness (QED) is 0.820. The number of carbonyl (C=O) groups excluding carboxylic acids is 2. The Morgan fingerprint density at radius 2 is 1.90 bits per heavy atom. The van der Waals surface area contributed by atoms with E-state index in [1.165, 1.54) is 5.69 Å². The number of nitrogens with zero attached hydrogens (tertiary/aromatic N) is 2. The Labute approximate surface area is 171 Å². The summed E-state index contributed by atoms with van der Waals surface area (Å²) in [6.07, 6.45) is 1.32. The van der Waals surface area contributed by atoms with E-state index in [0.29, 0.717) is 24.8 Å². The molecule has 2 heterocycles. The van der Waals surface area contributed by atoms with Crippen LogP contribution < -0.4 is 19.9 Å². The molecule has 152 valence electrons. The fourth-order valence-electron chi connectivity index (χ4n) is 4.17. The van der Waals surface area contributed by atoms with Crippen molar-refractivity contribution in [2.24, 2.45) is 11.8 Å². The van der Waals surface area contributed by atoms with Gasteiger partial charge in [0, 0.05) is 50.0 Å². The largest absolute Gasteiger partial charge is 0.497 e. The highest BCUT2D eigenvalue weighted by Gasteiger charge is 2.35. The second-order valence-electron chi connectivity index (χ2n) is 7.79. The topological polar surface area (TPSA) is 61.9 Å². The number of hydrogen-bond acceptors (Lipinski definition) is 4. The molecule has 6 heteroatoms. The molecule has 4 rings (SSSR count). The van der Waals surface area contributed by atoms with Gasteiger partial charge in [0.05, 0.1) is 13.0 Å². The van der Waals surface area contributed by atoms with Gasteiger partial charge in [0.1, 0.15) is 5.75 Å². The van der Waals surface area contributed by atoms with E-state index in [0.717, 1.165) is 25.2 Å². The second kappa shape index (κ2) is 8.55. The van der Waals surface area contributed by atoms with Crippen molar-refractivity contribution in [3.05, 3.63) is 54.6 Å². The van der Waals surface area contributed by atoms with Gasteiger partial charge in [0.15, 0.2) is 0 Å². The summed E-state index contributed by atoms with van der Waals surface area (Å²) in [5.41, 5.74) is 2.01. The van der Waals surface area contributed by atoms with E-state index < -0.39 is 0 Å². The van der Waals surface area contributed by atoms with E-state index >= 15 is 0 Å². The normalized spacial score (nSPS) is 21.5. The molecule has 2 atom stereocenters. The molecule has 2 aliphatic heterocycles. The summed E-state index contributed by atoms with van der Waals surface area (Å²) in [5.74, 6) is 0.787. The predicted molar refractivity (Wildman–Crippen MR) is 113 cm³/mol. The zero-order valence-corrected chi connectivity index (χ0v) is 16.7. The number of rotatable bonds is 6. The Balaban J connectivity index is 1.29. The van der Waals surface area contributed by atoms with Crippen LogP contribution >= 0.6 is 0 Å². The maximum absolute atomic E-state index is 12.7. The molecule has 2 amide bonds. The molecule has 0 aliphatic carbocycles. The highest BCUT2D eigenvalue weighted by Crippen LogP contribution is 2.28. The van der Waals surface area contributed by atoms with Gasteiger partial charge < -0.3 is 19.9 Å². The first-order valence-corrected chi connectivity index (χ1v) is 10.2. The fraction of sp³-hybridized carbons (Fsp3) is 0.391. The number of anilines is 2. The lowest BCUT2D eigenvalue weighted by atomic mass is 10.1. The molecule has 0 bridgehead atoms. The molecule has 0 saturated carbocycles. The van der Waals surface area contributed by atoms with Gasteiger partial charge in [-0.3, -0.25) is 9.59 Å². The summed E-state index contributed by atoms with van der Waals surface area (Å²) < 4.78 is 5.24. The van der Waals surface area contributed by atoms with Crippen LogP contribution in [0.1, 0.15) is 12.8 Å². The van der Waals surface area contributed by atoms with Crippen molar-refractivity contribution in [3.8, 4) is 5.75 Å². The van der Waals surface area contributed by atoms with Gasteiger partial charge in [-0.2, -0.15) is 0 Å². The van der Waals surface area contributed by atoms with E-state index in [1.54, 1.807) is 12.0 Å². The third kappa shape index (κ3) is 4.36. The number of amides is 2. The number of methoxy groups -OCH3 is 1. The Bertz CT molecular complexity index is 871. The van der Waals surface area contributed by atoms with E-state index in [-0.39, 0.29) is 24.2 Å². The van der Waals surface area contributed by atoms with Crippen LogP contribution in [-0.2, 0) is 9.59 Å². The average Bonchev–Trinajstić information content (AvgIpc) is 3.39. The van der Waals surface area contributed by atoms with E-state index in [4.69, 9.17) is 4.74 Å². The maximum atomic E-state index is 12.7. The average molecular weight is 393 g/mol. The molecule has 0 spiro atoms. The number of carbonyl (C=O) groups is 2. The summed E-state index contributed by atoms with van der Waals surface area (Å²) in [4.78, 5) is 29.2. The van der Waals surface area contributed by atoms with Crippen molar-refractivity contribution in [1.82, 2.24) is 5.32 Å². The number of ether oxygens (including phenoxy) is 1. The minimum absolute atomic E-state index is 0.0190. The third-order valence-electron chi connectivity index (χ3n) is 5.83. The van der Waals surface area contributed by atoms with E-state index in [9.17, 15) is 9.59 Å². The summed E-state index contributed by atoms with van der Waals surface area (Å²) in [5, 5.41) is 3.08. The molecular formula is C23H27N3O3. The van der Waals surface area contributed by atoms with Crippen LogP contribution in [0.15, 0.2) is 54.6 Å². The second-order valence-corrected chi connectivity index (χ2v) is 7.79. The number of benzene rings is 2. The highest BCUT2D eigenvalue weighted by molar-refractivity contribution is 6.00. The molecular weight excluding hydrogens is 366 g/mol. The van der Waals surface area contributed by atoms with Crippen LogP contribution in [0.2, 0.25) is 0 Å². The molecule has 6 nitrogen and oxygen atoms in total. The summed E-state index contributed by atoms with van der Waals surface area (Å²) >= 11 is 0. The lowest BCUT2D eigenvalue weighted by Gasteiger charge is -2.19. The predicted octanol–water partition coefficient (Wildman–Crippen LogP) is 2.69. The molecule has 29 heavy (non-hydrogen) atoms. The van der Waals surface area contributed by atoms with Crippen LogP contribution in [0.5, 0.6) is 5.75 Å². The van der Waals surface area contributed by atoms with Crippen molar-refractivity contribution in [1.29, 1.82) is 0 Å². The monoisotopic (exact) mass is 393 g/mol. The first-order chi connectivity index (χ1) is 14.1. The fourth-order valence-corrected chi connectivity index (χ4v) is 4.17. The molecule has 2 aliphatic rings. The number of nitrogens with one attached hydrogen (secondary N) is 1. The summed E-state index contributed by atoms with van der Waals surface area (Å²) in [6.45, 7) is 3.03. The number of hydrogen-bond donors (Lipinski definition) is 1. The molecule has 2 aromatic carbocycles. The smallest absolute Gasteiger partial charge is 0.227 e. The van der Waals surface area contributed by atoms with Crippen molar-refractivity contribution in [2.45, 2.75) is 12.8 Å². The van der Waals surface area contributed by atoms with Gasteiger partial charge in [-0.05, 0) is 36.6 Å². The molecule has 0 radical (unpaired) electrons. The molecule has 2 unspecified atom stereocenters. The maximum Gasteiger partial charge on any atom is 0.227 e. The SMILES string of the molecule is COc1cccc(N2CC(C(=O)NCC3CCN(c4ccccc4)C3)CC2=O)c1. The Kier molecular flexibility index (Phi) is 5.69. The lowest BCUT2D eigenvalue weighted by molar-refractivity contribution is -0.126. The zero-order valence-electron chi connectivity index (χ0n) is 16.7. The first-order valence-electron chi connectivity index (χ1n) is 10.2. The van der Waals surface area contributed by atoms with Crippen LogP contribution in [-0.4, -0.2) is 45.1 Å². The molecule has 1 N–H and O–H groups in total. The van der Waals surface area contributed by atoms with Gasteiger partial charge >= 0.3 is 0 Å². The van der Waals surface area contributed by atoms with Gasteiger partial charge in [0.25, 0.3) is 0 Å². The molecule has 2 fully saturated rings. The van der Waals surface area contributed by atoms with Crippen LogP contribution in [0.25, 0.3) is 0 Å². The van der Waals surface area contributed by atoms with Crippen molar-refractivity contribution < 1.29 is 14.3 Å². The van der Waals surface area contributed by atoms with E-state index in [2.05, 4.69) is 34.5 Å². The van der Waals surface area contributed by atoms with Crippen molar-refractivity contribution in [3.63, 3.8) is 0 Å².